The monoisotopic (exact) mass is 313 g/mol. The molecule has 3 aromatic carbocycles. The first-order valence-electron chi connectivity index (χ1n) is 8.22. The van der Waals surface area contributed by atoms with Crippen molar-refractivity contribution in [3.8, 4) is 0 Å². The van der Waals surface area contributed by atoms with Gasteiger partial charge in [0.15, 0.2) is 5.60 Å². The number of ether oxygens (including phenoxy) is 1. The Morgan fingerprint density at radius 2 is 1.38 bits per heavy atom. The van der Waals surface area contributed by atoms with Crippen LogP contribution in [0.1, 0.15) is 22.8 Å². The molecular formula is C22H19NO. The molecule has 24 heavy (non-hydrogen) atoms. The lowest BCUT2D eigenvalue weighted by Gasteiger charge is -2.08. The van der Waals surface area contributed by atoms with Gasteiger partial charge in [-0.25, -0.2) is 0 Å². The highest BCUT2D eigenvalue weighted by Crippen LogP contribution is 2.55. The van der Waals surface area contributed by atoms with Gasteiger partial charge in [-0.3, -0.25) is 4.99 Å². The fourth-order valence-electron chi connectivity index (χ4n) is 3.07. The third-order valence-corrected chi connectivity index (χ3v) is 4.37. The van der Waals surface area contributed by atoms with E-state index < -0.39 is 5.60 Å². The van der Waals surface area contributed by atoms with Gasteiger partial charge in [0.25, 0.3) is 0 Å². The van der Waals surface area contributed by atoms with E-state index in [4.69, 9.17) is 4.74 Å². The van der Waals surface area contributed by atoms with Crippen LogP contribution in [0.15, 0.2) is 96.0 Å². The van der Waals surface area contributed by atoms with E-state index in [2.05, 4.69) is 41.4 Å². The van der Waals surface area contributed by atoms with Crippen LogP contribution in [0.25, 0.3) is 0 Å². The first-order valence-corrected chi connectivity index (χ1v) is 8.22. The fraction of sp³-hybridized carbons (Fsp3) is 0.136. The number of aliphatic imine (C=N–C) groups is 1. The summed E-state index contributed by atoms with van der Waals surface area (Å²) >= 11 is 0. The van der Waals surface area contributed by atoms with Gasteiger partial charge in [0, 0.05) is 6.21 Å². The average molecular weight is 313 g/mol. The molecule has 2 atom stereocenters. The molecule has 1 aliphatic rings. The van der Waals surface area contributed by atoms with Crippen molar-refractivity contribution in [3.05, 3.63) is 108 Å². The molecule has 0 N–H and O–H groups in total. The van der Waals surface area contributed by atoms with Gasteiger partial charge in [0.1, 0.15) is 6.10 Å². The summed E-state index contributed by atoms with van der Waals surface area (Å²) in [7, 11) is 0. The number of hydrogen-bond donors (Lipinski definition) is 0. The van der Waals surface area contributed by atoms with Gasteiger partial charge in [-0.2, -0.15) is 0 Å². The SMILES string of the molecule is C(=NCc1ccccc1)C1(c2ccccc2)OC1c1ccccc1. The molecule has 0 aliphatic carbocycles. The maximum atomic E-state index is 6.17. The average Bonchev–Trinajstić information content (AvgIpc) is 3.40. The second kappa shape index (κ2) is 6.42. The second-order valence-electron chi connectivity index (χ2n) is 6.02. The zero-order chi connectivity index (χ0) is 16.2. The van der Waals surface area contributed by atoms with E-state index in [0.29, 0.717) is 6.54 Å². The lowest BCUT2D eigenvalue weighted by atomic mass is 9.93. The summed E-state index contributed by atoms with van der Waals surface area (Å²) in [4.78, 5) is 4.68. The summed E-state index contributed by atoms with van der Waals surface area (Å²) in [6.45, 7) is 0.667. The normalized spacial score (nSPS) is 22.6. The van der Waals surface area contributed by atoms with Gasteiger partial charge < -0.3 is 4.74 Å². The smallest absolute Gasteiger partial charge is 0.159 e. The van der Waals surface area contributed by atoms with Gasteiger partial charge in [-0.1, -0.05) is 91.0 Å². The van der Waals surface area contributed by atoms with E-state index in [1.807, 2.05) is 60.8 Å². The Hall–Kier alpha value is -2.71. The molecule has 0 saturated carbocycles. The molecule has 2 nitrogen and oxygen atoms in total. The van der Waals surface area contributed by atoms with E-state index in [1.165, 1.54) is 11.1 Å². The van der Waals surface area contributed by atoms with E-state index in [0.717, 1.165) is 5.56 Å². The third kappa shape index (κ3) is 2.89. The second-order valence-corrected chi connectivity index (χ2v) is 6.02. The van der Waals surface area contributed by atoms with Crippen LogP contribution in [0.3, 0.4) is 0 Å². The zero-order valence-corrected chi connectivity index (χ0v) is 13.4. The molecule has 1 fully saturated rings. The van der Waals surface area contributed by atoms with E-state index in [9.17, 15) is 0 Å². The minimum atomic E-state index is -0.447. The largest absolute Gasteiger partial charge is 0.350 e. The topological polar surface area (TPSA) is 24.9 Å². The number of benzene rings is 3. The van der Waals surface area contributed by atoms with Crippen LogP contribution in [-0.2, 0) is 16.9 Å². The maximum Gasteiger partial charge on any atom is 0.159 e. The summed E-state index contributed by atoms with van der Waals surface area (Å²) in [5.74, 6) is 0. The number of epoxide rings is 1. The van der Waals surface area contributed by atoms with Crippen molar-refractivity contribution in [1.29, 1.82) is 0 Å². The summed E-state index contributed by atoms with van der Waals surface area (Å²) in [6, 6.07) is 31.0. The molecule has 1 saturated heterocycles. The van der Waals surface area contributed by atoms with E-state index in [-0.39, 0.29) is 6.10 Å². The third-order valence-electron chi connectivity index (χ3n) is 4.37. The Balaban J connectivity index is 1.61. The molecule has 0 spiro atoms. The van der Waals surface area contributed by atoms with Crippen molar-refractivity contribution in [2.24, 2.45) is 4.99 Å². The van der Waals surface area contributed by atoms with Crippen molar-refractivity contribution < 1.29 is 4.74 Å². The van der Waals surface area contributed by atoms with E-state index >= 15 is 0 Å². The van der Waals surface area contributed by atoms with Gasteiger partial charge in [-0.15, -0.1) is 0 Å². The van der Waals surface area contributed by atoms with Crippen LogP contribution in [-0.4, -0.2) is 6.21 Å². The Bertz CT molecular complexity index is 814. The van der Waals surface area contributed by atoms with Gasteiger partial charge in [0.05, 0.1) is 6.54 Å². The molecule has 0 amide bonds. The van der Waals surface area contributed by atoms with Crippen LogP contribution in [0.5, 0.6) is 0 Å². The molecule has 2 unspecified atom stereocenters. The van der Waals surface area contributed by atoms with Crippen LogP contribution in [0.4, 0.5) is 0 Å². The van der Waals surface area contributed by atoms with Crippen molar-refractivity contribution in [2.75, 3.05) is 0 Å². The first-order chi connectivity index (χ1) is 11.9. The molecule has 1 aliphatic heterocycles. The molecule has 3 aromatic rings. The van der Waals surface area contributed by atoms with Crippen molar-refractivity contribution in [1.82, 2.24) is 0 Å². The summed E-state index contributed by atoms with van der Waals surface area (Å²) in [6.07, 6.45) is 2.01. The molecule has 118 valence electrons. The molecule has 0 radical (unpaired) electrons. The Labute approximate surface area is 142 Å². The van der Waals surface area contributed by atoms with Crippen LogP contribution in [0.2, 0.25) is 0 Å². The van der Waals surface area contributed by atoms with Gasteiger partial charge >= 0.3 is 0 Å². The molecule has 0 bridgehead atoms. The minimum Gasteiger partial charge on any atom is -0.350 e. The highest BCUT2D eigenvalue weighted by Gasteiger charge is 2.57. The highest BCUT2D eigenvalue weighted by molar-refractivity contribution is 5.76. The Kier molecular flexibility index (Phi) is 3.97. The number of hydrogen-bond acceptors (Lipinski definition) is 2. The van der Waals surface area contributed by atoms with Crippen molar-refractivity contribution in [2.45, 2.75) is 18.2 Å². The minimum absolute atomic E-state index is 0.0284. The molecular weight excluding hydrogens is 294 g/mol. The summed E-state index contributed by atoms with van der Waals surface area (Å²) in [5.41, 5.74) is 3.09. The Morgan fingerprint density at radius 1 is 0.792 bits per heavy atom. The predicted octanol–water partition coefficient (Wildman–Crippen LogP) is 4.92. The van der Waals surface area contributed by atoms with Gasteiger partial charge in [-0.05, 0) is 16.7 Å². The first kappa shape index (κ1) is 14.9. The molecule has 1 heterocycles. The summed E-state index contributed by atoms with van der Waals surface area (Å²) in [5, 5.41) is 0. The quantitative estimate of drug-likeness (QED) is 0.484. The highest BCUT2D eigenvalue weighted by atomic mass is 16.6. The Morgan fingerprint density at radius 3 is 2.04 bits per heavy atom. The van der Waals surface area contributed by atoms with Gasteiger partial charge in [0.2, 0.25) is 0 Å². The van der Waals surface area contributed by atoms with Crippen molar-refractivity contribution >= 4 is 6.21 Å². The zero-order valence-electron chi connectivity index (χ0n) is 13.4. The van der Waals surface area contributed by atoms with E-state index in [1.54, 1.807) is 0 Å². The van der Waals surface area contributed by atoms with Crippen LogP contribution >= 0.6 is 0 Å². The van der Waals surface area contributed by atoms with Crippen molar-refractivity contribution in [3.63, 3.8) is 0 Å². The molecule has 0 aromatic heterocycles. The van der Waals surface area contributed by atoms with Crippen LogP contribution < -0.4 is 0 Å². The van der Waals surface area contributed by atoms with Crippen LogP contribution in [0, 0.1) is 0 Å². The lowest BCUT2D eigenvalue weighted by molar-refractivity contribution is 0.350. The summed E-state index contributed by atoms with van der Waals surface area (Å²) < 4.78 is 6.17. The number of rotatable bonds is 5. The molecule has 2 heteroatoms. The standard InChI is InChI=1S/C22H19NO/c1-4-10-18(11-5-1)16-23-17-22(20-14-8-3-9-15-20)21(24-22)19-12-6-2-7-13-19/h1-15,17,21H,16H2. The molecule has 4 rings (SSSR count). The fourth-order valence-corrected chi connectivity index (χ4v) is 3.07. The maximum absolute atomic E-state index is 6.17. The number of nitrogens with zero attached hydrogens (tertiary/aromatic N) is 1. The predicted molar refractivity (Wildman–Crippen MR) is 97.0 cm³/mol. The lowest BCUT2D eigenvalue weighted by Crippen LogP contribution is -2.12.